The van der Waals surface area contributed by atoms with Gasteiger partial charge in [-0.25, -0.2) is 0 Å². The summed E-state index contributed by atoms with van der Waals surface area (Å²) in [5, 5.41) is 7.23. The van der Waals surface area contributed by atoms with Gasteiger partial charge in [-0.15, -0.1) is 0 Å². The fourth-order valence-corrected chi connectivity index (χ4v) is 3.23. The molecule has 0 aliphatic heterocycles. The average Bonchev–Trinajstić information content (AvgIpc) is 2.88. The maximum atomic E-state index is 5.36. The zero-order chi connectivity index (χ0) is 13.8. The molecule has 1 N–H and O–H groups in total. The van der Waals surface area contributed by atoms with Crippen LogP contribution >= 0.6 is 12.2 Å². The van der Waals surface area contributed by atoms with E-state index in [0.29, 0.717) is 4.77 Å². The maximum Gasteiger partial charge on any atom is 0.195 e. The number of hydrogen-bond acceptors (Lipinski definition) is 3. The molecular formula is C15H20N4S. The Morgan fingerprint density at radius 2 is 2.10 bits per heavy atom. The standard InChI is InChI=1S/C15H20N4S/c20-15-18-17-14(13-8-4-5-10-16-13)19(15)11-9-12-6-2-1-3-7-12/h4-5,8,10,12H,1-3,6-7,9,11H2,(H,18,20). The highest BCUT2D eigenvalue weighted by Crippen LogP contribution is 2.27. The van der Waals surface area contributed by atoms with E-state index < -0.39 is 0 Å². The molecule has 20 heavy (non-hydrogen) atoms. The van der Waals surface area contributed by atoms with Crippen LogP contribution in [-0.4, -0.2) is 19.7 Å². The summed E-state index contributed by atoms with van der Waals surface area (Å²) in [5.74, 6) is 1.70. The molecule has 1 aliphatic carbocycles. The molecule has 5 heteroatoms. The fraction of sp³-hybridized carbons (Fsp3) is 0.533. The van der Waals surface area contributed by atoms with E-state index in [9.17, 15) is 0 Å². The lowest BCUT2D eigenvalue weighted by Crippen LogP contribution is -2.11. The summed E-state index contributed by atoms with van der Waals surface area (Å²) in [4.78, 5) is 4.37. The molecule has 2 aromatic heterocycles. The second-order valence-electron chi connectivity index (χ2n) is 5.51. The van der Waals surface area contributed by atoms with Crippen molar-refractivity contribution in [3.63, 3.8) is 0 Å². The van der Waals surface area contributed by atoms with Gasteiger partial charge in [0, 0.05) is 12.7 Å². The van der Waals surface area contributed by atoms with Crippen LogP contribution in [0.5, 0.6) is 0 Å². The van der Waals surface area contributed by atoms with E-state index >= 15 is 0 Å². The van der Waals surface area contributed by atoms with E-state index in [2.05, 4.69) is 19.7 Å². The summed E-state index contributed by atoms with van der Waals surface area (Å²) in [5.41, 5.74) is 0.878. The van der Waals surface area contributed by atoms with E-state index in [-0.39, 0.29) is 0 Å². The monoisotopic (exact) mass is 288 g/mol. The first-order valence-electron chi connectivity index (χ1n) is 7.41. The molecule has 0 radical (unpaired) electrons. The van der Waals surface area contributed by atoms with Gasteiger partial charge in [-0.05, 0) is 36.7 Å². The zero-order valence-electron chi connectivity index (χ0n) is 11.6. The molecule has 2 aromatic rings. The minimum atomic E-state index is 0.696. The van der Waals surface area contributed by atoms with Crippen LogP contribution in [-0.2, 0) is 6.54 Å². The van der Waals surface area contributed by atoms with E-state index in [1.807, 2.05) is 18.2 Å². The first kappa shape index (κ1) is 13.5. The predicted octanol–water partition coefficient (Wildman–Crippen LogP) is 3.97. The Bertz CT molecular complexity index is 596. The highest BCUT2D eigenvalue weighted by Gasteiger charge is 2.15. The van der Waals surface area contributed by atoms with Crippen LogP contribution in [0.3, 0.4) is 0 Å². The van der Waals surface area contributed by atoms with Gasteiger partial charge in [0.25, 0.3) is 0 Å². The molecule has 1 saturated carbocycles. The molecule has 106 valence electrons. The minimum Gasteiger partial charge on any atom is -0.299 e. The van der Waals surface area contributed by atoms with E-state index in [1.165, 1.54) is 38.5 Å². The third-order valence-electron chi connectivity index (χ3n) is 4.14. The Morgan fingerprint density at radius 3 is 2.85 bits per heavy atom. The van der Waals surface area contributed by atoms with Crippen molar-refractivity contribution >= 4 is 12.2 Å². The van der Waals surface area contributed by atoms with Gasteiger partial charge >= 0.3 is 0 Å². The number of aromatic amines is 1. The Balaban J connectivity index is 1.76. The number of rotatable bonds is 4. The first-order chi connectivity index (χ1) is 9.84. The normalized spacial score (nSPS) is 16.4. The minimum absolute atomic E-state index is 0.696. The molecule has 0 spiro atoms. The summed E-state index contributed by atoms with van der Waals surface area (Å²) in [6.45, 7) is 0.936. The van der Waals surface area contributed by atoms with Crippen LogP contribution in [0.25, 0.3) is 11.5 Å². The van der Waals surface area contributed by atoms with Crippen LogP contribution in [0.4, 0.5) is 0 Å². The molecule has 3 rings (SSSR count). The van der Waals surface area contributed by atoms with Crippen LogP contribution in [0.15, 0.2) is 24.4 Å². The molecule has 0 bridgehead atoms. The summed E-state index contributed by atoms with van der Waals surface area (Å²) >= 11 is 5.36. The maximum absolute atomic E-state index is 5.36. The number of H-pyrrole nitrogens is 1. The Hall–Kier alpha value is -1.49. The number of nitrogens with one attached hydrogen (secondary N) is 1. The van der Waals surface area contributed by atoms with Crippen LogP contribution in [0.2, 0.25) is 0 Å². The number of pyridine rings is 1. The average molecular weight is 288 g/mol. The molecule has 4 nitrogen and oxygen atoms in total. The third kappa shape index (κ3) is 2.98. The van der Waals surface area contributed by atoms with Gasteiger partial charge in [-0.2, -0.15) is 5.10 Å². The highest BCUT2D eigenvalue weighted by atomic mass is 32.1. The van der Waals surface area contributed by atoms with Crippen LogP contribution < -0.4 is 0 Å². The third-order valence-corrected chi connectivity index (χ3v) is 4.45. The predicted molar refractivity (Wildman–Crippen MR) is 81.8 cm³/mol. The van der Waals surface area contributed by atoms with Gasteiger partial charge in [0.2, 0.25) is 0 Å². The summed E-state index contributed by atoms with van der Waals surface area (Å²) in [7, 11) is 0. The molecule has 1 fully saturated rings. The number of hydrogen-bond donors (Lipinski definition) is 1. The SMILES string of the molecule is S=c1[nH]nc(-c2ccccn2)n1CCC1CCCCC1. The molecule has 0 amide bonds. The van der Waals surface area contributed by atoms with Gasteiger partial charge in [0.15, 0.2) is 10.6 Å². The second-order valence-corrected chi connectivity index (χ2v) is 5.90. The van der Waals surface area contributed by atoms with Crippen molar-refractivity contribution in [3.05, 3.63) is 29.2 Å². The lowest BCUT2D eigenvalue weighted by molar-refractivity contribution is 0.324. The molecule has 0 unspecified atom stereocenters. The molecular weight excluding hydrogens is 268 g/mol. The molecule has 2 heterocycles. The van der Waals surface area contributed by atoms with E-state index in [1.54, 1.807) is 6.20 Å². The first-order valence-corrected chi connectivity index (χ1v) is 7.82. The van der Waals surface area contributed by atoms with Crippen molar-refractivity contribution in [3.8, 4) is 11.5 Å². The summed E-state index contributed by atoms with van der Waals surface area (Å²) < 4.78 is 2.79. The second kappa shape index (κ2) is 6.31. The Labute approximate surface area is 124 Å². The van der Waals surface area contributed by atoms with Gasteiger partial charge in [0.1, 0.15) is 5.69 Å². The lowest BCUT2D eigenvalue weighted by Gasteiger charge is -2.21. The summed E-state index contributed by atoms with van der Waals surface area (Å²) in [6.07, 6.45) is 9.88. The lowest BCUT2D eigenvalue weighted by atomic mass is 9.87. The Kier molecular flexibility index (Phi) is 4.25. The van der Waals surface area contributed by atoms with E-state index in [0.717, 1.165) is 24.0 Å². The van der Waals surface area contributed by atoms with Crippen LogP contribution in [0, 0.1) is 10.7 Å². The summed E-state index contributed by atoms with van der Waals surface area (Å²) in [6, 6.07) is 5.87. The van der Waals surface area contributed by atoms with E-state index in [4.69, 9.17) is 12.2 Å². The smallest absolute Gasteiger partial charge is 0.195 e. The number of aromatic nitrogens is 4. The molecule has 1 aliphatic rings. The molecule has 0 saturated heterocycles. The van der Waals surface area contributed by atoms with Crippen molar-refractivity contribution in [2.24, 2.45) is 5.92 Å². The topological polar surface area (TPSA) is 46.5 Å². The van der Waals surface area contributed by atoms with Crippen LogP contribution in [0.1, 0.15) is 38.5 Å². The van der Waals surface area contributed by atoms with Crippen molar-refractivity contribution in [2.45, 2.75) is 45.1 Å². The quantitative estimate of drug-likeness (QED) is 0.866. The van der Waals surface area contributed by atoms with Crippen molar-refractivity contribution < 1.29 is 0 Å². The van der Waals surface area contributed by atoms with Gasteiger partial charge < -0.3 is 0 Å². The molecule has 0 aromatic carbocycles. The van der Waals surface area contributed by atoms with Crippen molar-refractivity contribution in [1.82, 2.24) is 19.7 Å². The Morgan fingerprint density at radius 1 is 1.25 bits per heavy atom. The molecule has 0 atom stereocenters. The largest absolute Gasteiger partial charge is 0.299 e. The van der Waals surface area contributed by atoms with Gasteiger partial charge in [-0.3, -0.25) is 14.6 Å². The van der Waals surface area contributed by atoms with Crippen molar-refractivity contribution in [2.75, 3.05) is 0 Å². The number of nitrogens with zero attached hydrogens (tertiary/aromatic N) is 3. The van der Waals surface area contributed by atoms with Gasteiger partial charge in [0.05, 0.1) is 0 Å². The zero-order valence-corrected chi connectivity index (χ0v) is 12.4. The van der Waals surface area contributed by atoms with Gasteiger partial charge in [-0.1, -0.05) is 38.2 Å². The highest BCUT2D eigenvalue weighted by molar-refractivity contribution is 7.71. The fourth-order valence-electron chi connectivity index (χ4n) is 3.00. The van der Waals surface area contributed by atoms with Crippen molar-refractivity contribution in [1.29, 1.82) is 0 Å².